The number of aromatic nitrogens is 2. The Morgan fingerprint density at radius 2 is 1.88 bits per heavy atom. The van der Waals surface area contributed by atoms with E-state index in [0.29, 0.717) is 34.8 Å². The minimum atomic E-state index is -0.487. The third-order valence-electron chi connectivity index (χ3n) is 4.94. The first-order valence-electron chi connectivity index (χ1n) is 8.43. The normalized spacial score (nSPS) is 21.0. The molecule has 1 aliphatic carbocycles. The molecule has 1 aliphatic heterocycles. The molecule has 0 spiro atoms. The molecule has 1 aromatic heterocycles. The lowest BCUT2D eigenvalue weighted by molar-refractivity contribution is -0.118. The number of carbonyl (C=O) groups excluding carboxylic acids is 1. The number of nitrogen functional groups attached to an aromatic ring is 1. The number of aromatic amines is 1. The number of anilines is 2. The lowest BCUT2D eigenvalue weighted by atomic mass is 9.69. The fourth-order valence-electron chi connectivity index (χ4n) is 3.92. The van der Waals surface area contributed by atoms with E-state index in [-0.39, 0.29) is 22.7 Å². The van der Waals surface area contributed by atoms with Gasteiger partial charge in [-0.2, -0.15) is 4.98 Å². The second kappa shape index (κ2) is 5.71. The third-order valence-corrected chi connectivity index (χ3v) is 5.20. The average Bonchev–Trinajstić information content (AvgIpc) is 2.52. The summed E-state index contributed by atoms with van der Waals surface area (Å²) in [5.74, 6) is 0.0153. The SMILES string of the molecule is CC1(C)CC(=O)C2=C(C1)Nc1nc(N)[nH]c(=O)c1[C@@H]2c1ccc(Cl)cc1. The van der Waals surface area contributed by atoms with E-state index >= 15 is 0 Å². The number of fused-ring (bicyclic) bond motifs is 1. The monoisotopic (exact) mass is 370 g/mol. The fraction of sp³-hybridized carbons (Fsp3) is 0.316. The molecular formula is C19H19ClN4O2. The lowest BCUT2D eigenvalue weighted by Gasteiger charge is -2.38. The number of carbonyl (C=O) groups is 1. The smallest absolute Gasteiger partial charge is 0.258 e. The number of nitrogens with zero attached hydrogens (tertiary/aromatic N) is 1. The van der Waals surface area contributed by atoms with Crippen LogP contribution < -0.4 is 16.6 Å². The summed E-state index contributed by atoms with van der Waals surface area (Å²) in [5, 5.41) is 3.79. The summed E-state index contributed by atoms with van der Waals surface area (Å²) in [6, 6.07) is 7.20. The first-order valence-corrected chi connectivity index (χ1v) is 8.81. The number of halogens is 1. The van der Waals surface area contributed by atoms with Crippen molar-refractivity contribution in [1.29, 1.82) is 0 Å². The summed E-state index contributed by atoms with van der Waals surface area (Å²) in [6.45, 7) is 4.12. The molecule has 0 amide bonds. The lowest BCUT2D eigenvalue weighted by Crippen LogP contribution is -2.37. The first-order chi connectivity index (χ1) is 12.2. The number of H-pyrrole nitrogens is 1. The predicted octanol–water partition coefficient (Wildman–Crippen LogP) is 3.21. The van der Waals surface area contributed by atoms with Crippen molar-refractivity contribution in [3.63, 3.8) is 0 Å². The Morgan fingerprint density at radius 1 is 1.19 bits per heavy atom. The minimum absolute atomic E-state index is 0.0431. The van der Waals surface area contributed by atoms with Gasteiger partial charge in [-0.25, -0.2) is 0 Å². The van der Waals surface area contributed by atoms with E-state index in [4.69, 9.17) is 17.3 Å². The van der Waals surface area contributed by atoms with Crippen LogP contribution in [0.3, 0.4) is 0 Å². The zero-order valence-corrected chi connectivity index (χ0v) is 15.3. The van der Waals surface area contributed by atoms with Crippen LogP contribution in [0.2, 0.25) is 5.02 Å². The Balaban J connectivity index is 1.99. The van der Waals surface area contributed by atoms with Gasteiger partial charge in [-0.05, 0) is 29.5 Å². The van der Waals surface area contributed by atoms with E-state index < -0.39 is 5.92 Å². The zero-order chi connectivity index (χ0) is 18.6. The van der Waals surface area contributed by atoms with Gasteiger partial charge in [0.15, 0.2) is 5.78 Å². The van der Waals surface area contributed by atoms with Gasteiger partial charge >= 0.3 is 0 Å². The highest BCUT2D eigenvalue weighted by molar-refractivity contribution is 6.30. The van der Waals surface area contributed by atoms with Crippen LogP contribution in [0.5, 0.6) is 0 Å². The van der Waals surface area contributed by atoms with Gasteiger partial charge in [-0.15, -0.1) is 0 Å². The van der Waals surface area contributed by atoms with Gasteiger partial charge in [-0.1, -0.05) is 37.6 Å². The highest BCUT2D eigenvalue weighted by Crippen LogP contribution is 2.47. The number of hydrogen-bond acceptors (Lipinski definition) is 5. The molecule has 26 heavy (non-hydrogen) atoms. The van der Waals surface area contributed by atoms with Crippen LogP contribution in [0.1, 0.15) is 43.7 Å². The summed E-state index contributed by atoms with van der Waals surface area (Å²) in [4.78, 5) is 32.5. The molecule has 4 rings (SSSR count). The largest absolute Gasteiger partial charge is 0.369 e. The van der Waals surface area contributed by atoms with Gasteiger partial charge in [0, 0.05) is 28.6 Å². The molecule has 0 bridgehead atoms. The van der Waals surface area contributed by atoms with Crippen molar-refractivity contribution in [2.45, 2.75) is 32.6 Å². The zero-order valence-electron chi connectivity index (χ0n) is 14.5. The summed E-state index contributed by atoms with van der Waals surface area (Å²) in [6.07, 6.45) is 1.14. The van der Waals surface area contributed by atoms with Crippen molar-refractivity contribution in [1.82, 2.24) is 9.97 Å². The molecule has 2 aliphatic rings. The predicted molar refractivity (Wildman–Crippen MR) is 101 cm³/mol. The average molecular weight is 371 g/mol. The number of hydrogen-bond donors (Lipinski definition) is 3. The molecule has 7 heteroatoms. The molecule has 0 saturated heterocycles. The van der Waals surface area contributed by atoms with Crippen LogP contribution in [-0.2, 0) is 4.79 Å². The molecule has 4 N–H and O–H groups in total. The molecular weight excluding hydrogens is 352 g/mol. The Bertz CT molecular complexity index is 1010. The van der Waals surface area contributed by atoms with Crippen molar-refractivity contribution >= 4 is 29.2 Å². The molecule has 1 atom stereocenters. The Hall–Kier alpha value is -2.60. The van der Waals surface area contributed by atoms with Crippen molar-refractivity contribution in [2.24, 2.45) is 5.41 Å². The van der Waals surface area contributed by atoms with Crippen molar-refractivity contribution in [3.8, 4) is 0 Å². The van der Waals surface area contributed by atoms with Crippen molar-refractivity contribution < 1.29 is 4.79 Å². The van der Waals surface area contributed by atoms with Crippen LogP contribution in [0.25, 0.3) is 0 Å². The van der Waals surface area contributed by atoms with Gasteiger partial charge in [0.25, 0.3) is 5.56 Å². The number of nitrogens with one attached hydrogen (secondary N) is 2. The molecule has 1 aromatic carbocycles. The standard InChI is InChI=1S/C19H19ClN4O2/c1-19(2)7-11-14(12(25)8-19)13(9-3-5-10(20)6-4-9)15-16(22-11)23-18(21)24-17(15)26/h3-6,13H,7-8H2,1-2H3,(H4,21,22,23,24,26)/t13-/m1/s1. The molecule has 0 saturated carbocycles. The maximum absolute atomic E-state index is 13.0. The van der Waals surface area contributed by atoms with E-state index in [9.17, 15) is 9.59 Å². The second-order valence-corrected chi connectivity index (χ2v) is 8.09. The molecule has 0 fully saturated rings. The number of ketones is 1. The highest BCUT2D eigenvalue weighted by Gasteiger charge is 2.42. The quantitative estimate of drug-likeness (QED) is 0.715. The van der Waals surface area contributed by atoms with Gasteiger partial charge in [0.05, 0.1) is 5.56 Å². The van der Waals surface area contributed by atoms with Gasteiger partial charge in [-0.3, -0.25) is 14.6 Å². The van der Waals surface area contributed by atoms with Crippen LogP contribution in [0, 0.1) is 5.41 Å². The number of benzene rings is 1. The summed E-state index contributed by atoms with van der Waals surface area (Å²) >= 11 is 6.02. The van der Waals surface area contributed by atoms with Crippen LogP contribution in [0.15, 0.2) is 40.3 Å². The Morgan fingerprint density at radius 3 is 2.58 bits per heavy atom. The summed E-state index contributed by atoms with van der Waals surface area (Å²) in [7, 11) is 0. The number of rotatable bonds is 1. The van der Waals surface area contributed by atoms with Crippen LogP contribution in [0.4, 0.5) is 11.8 Å². The number of Topliss-reactive ketones (excluding diaryl/α,β-unsaturated/α-hetero) is 1. The van der Waals surface area contributed by atoms with Gasteiger partial charge in [0.2, 0.25) is 5.95 Å². The van der Waals surface area contributed by atoms with Crippen LogP contribution >= 0.6 is 11.6 Å². The van der Waals surface area contributed by atoms with Gasteiger partial charge < -0.3 is 11.1 Å². The van der Waals surface area contributed by atoms with Gasteiger partial charge in [0.1, 0.15) is 5.82 Å². The Labute approximate surface area is 155 Å². The topological polar surface area (TPSA) is 101 Å². The second-order valence-electron chi connectivity index (χ2n) is 7.66. The molecule has 2 heterocycles. The molecule has 0 radical (unpaired) electrons. The first kappa shape index (κ1) is 16.8. The maximum atomic E-state index is 13.0. The summed E-state index contributed by atoms with van der Waals surface area (Å²) < 4.78 is 0. The van der Waals surface area contributed by atoms with Crippen molar-refractivity contribution in [2.75, 3.05) is 11.1 Å². The number of allylic oxidation sites excluding steroid dienone is 2. The molecule has 134 valence electrons. The fourth-order valence-corrected chi connectivity index (χ4v) is 4.05. The third kappa shape index (κ3) is 2.70. The van der Waals surface area contributed by atoms with E-state index in [0.717, 1.165) is 11.3 Å². The highest BCUT2D eigenvalue weighted by atomic mass is 35.5. The van der Waals surface area contributed by atoms with E-state index in [1.54, 1.807) is 12.1 Å². The number of nitrogens with two attached hydrogens (primary N) is 1. The minimum Gasteiger partial charge on any atom is -0.369 e. The molecule has 6 nitrogen and oxygen atoms in total. The Kier molecular flexibility index (Phi) is 3.70. The van der Waals surface area contributed by atoms with Crippen molar-refractivity contribution in [3.05, 3.63) is 62.0 Å². The van der Waals surface area contributed by atoms with Crippen LogP contribution in [-0.4, -0.2) is 15.8 Å². The van der Waals surface area contributed by atoms with E-state index in [1.165, 1.54) is 0 Å². The molecule has 0 unspecified atom stereocenters. The van der Waals surface area contributed by atoms with E-state index in [2.05, 4.69) is 29.1 Å². The summed E-state index contributed by atoms with van der Waals surface area (Å²) in [5.41, 5.74) is 7.92. The van der Waals surface area contributed by atoms with E-state index in [1.807, 2.05) is 12.1 Å². The maximum Gasteiger partial charge on any atom is 0.258 e. The molecule has 2 aromatic rings.